The van der Waals surface area contributed by atoms with Crippen LogP contribution >= 0.6 is 0 Å². The van der Waals surface area contributed by atoms with Gasteiger partial charge in [-0.1, -0.05) is 13.8 Å². The van der Waals surface area contributed by atoms with Crippen LogP contribution in [0, 0.1) is 0 Å². The summed E-state index contributed by atoms with van der Waals surface area (Å²) in [5.74, 6) is 0.0778. The summed E-state index contributed by atoms with van der Waals surface area (Å²) < 4.78 is 27.9. The molecule has 0 aliphatic carbocycles. The van der Waals surface area contributed by atoms with Gasteiger partial charge in [-0.05, 0) is 19.8 Å². The minimum absolute atomic E-state index is 0.0778. The number of nitrogens with two attached hydrogens (primary N) is 1. The Hall–Kier alpha value is -1.08. The van der Waals surface area contributed by atoms with Gasteiger partial charge in [-0.25, -0.2) is 8.42 Å². The zero-order valence-corrected chi connectivity index (χ0v) is 12.1. The Morgan fingerprint density at radius 1 is 1.28 bits per heavy atom. The smallest absolute Gasteiger partial charge is 0.248 e. The van der Waals surface area contributed by atoms with Gasteiger partial charge in [0.1, 0.15) is 4.90 Å². The molecule has 6 nitrogen and oxygen atoms in total. The minimum atomic E-state index is -3.52. The second kappa shape index (κ2) is 6.19. The molecule has 1 aromatic rings. The summed E-state index contributed by atoms with van der Waals surface area (Å²) in [6, 6.07) is 0. The molecule has 2 N–H and O–H groups in total. The largest absolute Gasteiger partial charge is 0.381 e. The van der Waals surface area contributed by atoms with Gasteiger partial charge in [0.2, 0.25) is 10.0 Å². The molecule has 1 heterocycles. The van der Waals surface area contributed by atoms with E-state index in [9.17, 15) is 8.42 Å². The summed E-state index contributed by atoms with van der Waals surface area (Å²) in [4.78, 5) is 0.117. The number of sulfonamides is 1. The van der Waals surface area contributed by atoms with Crippen molar-refractivity contribution >= 4 is 15.8 Å². The maximum Gasteiger partial charge on any atom is 0.248 e. The Morgan fingerprint density at radius 2 is 1.83 bits per heavy atom. The highest BCUT2D eigenvalue weighted by molar-refractivity contribution is 7.89. The molecule has 1 aromatic heterocycles. The highest BCUT2D eigenvalue weighted by Crippen LogP contribution is 2.21. The van der Waals surface area contributed by atoms with E-state index in [2.05, 4.69) is 5.10 Å². The molecule has 0 spiro atoms. The molecule has 0 bridgehead atoms. The molecule has 0 unspecified atom stereocenters. The molecule has 0 aliphatic heterocycles. The van der Waals surface area contributed by atoms with Crippen molar-refractivity contribution < 1.29 is 8.42 Å². The first-order valence-corrected chi connectivity index (χ1v) is 7.74. The van der Waals surface area contributed by atoms with Crippen molar-refractivity contribution in [3.63, 3.8) is 0 Å². The molecule has 0 aromatic carbocycles. The Morgan fingerprint density at radius 3 is 2.22 bits per heavy atom. The fourth-order valence-corrected chi connectivity index (χ4v) is 3.45. The fourth-order valence-electron chi connectivity index (χ4n) is 1.77. The Balaban J connectivity index is 3.12. The van der Waals surface area contributed by atoms with Gasteiger partial charge < -0.3 is 5.73 Å². The van der Waals surface area contributed by atoms with Crippen molar-refractivity contribution in [3.05, 3.63) is 6.20 Å². The summed E-state index contributed by atoms with van der Waals surface area (Å²) in [6.45, 7) is 7.41. The SMILES string of the molecule is CCCN(CCC)S(=O)(=O)c1cn(CC)nc1N. The third-order valence-corrected chi connectivity index (χ3v) is 4.56. The van der Waals surface area contributed by atoms with Crippen LogP contribution < -0.4 is 5.73 Å². The van der Waals surface area contributed by atoms with Crippen molar-refractivity contribution in [3.8, 4) is 0 Å². The number of aryl methyl sites for hydroxylation is 1. The molecular weight excluding hydrogens is 252 g/mol. The molecule has 104 valence electrons. The van der Waals surface area contributed by atoms with Gasteiger partial charge in [-0.2, -0.15) is 9.40 Å². The van der Waals surface area contributed by atoms with Crippen LogP contribution in [0.1, 0.15) is 33.6 Å². The van der Waals surface area contributed by atoms with Crippen LogP contribution in [-0.2, 0) is 16.6 Å². The van der Waals surface area contributed by atoms with Crippen molar-refractivity contribution in [2.45, 2.75) is 45.1 Å². The molecule has 0 radical (unpaired) electrons. The number of nitrogens with zero attached hydrogens (tertiary/aromatic N) is 3. The summed E-state index contributed by atoms with van der Waals surface area (Å²) in [5.41, 5.74) is 5.70. The van der Waals surface area contributed by atoms with Crippen molar-refractivity contribution in [2.24, 2.45) is 0 Å². The molecular formula is C11H22N4O2S. The van der Waals surface area contributed by atoms with E-state index < -0.39 is 10.0 Å². The molecule has 0 fully saturated rings. The first-order valence-electron chi connectivity index (χ1n) is 6.30. The summed E-state index contributed by atoms with van der Waals surface area (Å²) in [7, 11) is -3.52. The van der Waals surface area contributed by atoms with E-state index in [4.69, 9.17) is 5.73 Å². The molecule has 18 heavy (non-hydrogen) atoms. The lowest BCUT2D eigenvalue weighted by molar-refractivity contribution is 0.410. The van der Waals surface area contributed by atoms with Gasteiger partial charge in [-0.15, -0.1) is 0 Å². The van der Waals surface area contributed by atoms with E-state index in [0.717, 1.165) is 12.8 Å². The van der Waals surface area contributed by atoms with Crippen LogP contribution in [0.4, 0.5) is 5.82 Å². The van der Waals surface area contributed by atoms with E-state index in [1.54, 1.807) is 0 Å². The molecule has 0 saturated heterocycles. The topological polar surface area (TPSA) is 81.2 Å². The Bertz CT molecular complexity index is 475. The zero-order valence-electron chi connectivity index (χ0n) is 11.3. The van der Waals surface area contributed by atoms with E-state index in [1.807, 2.05) is 20.8 Å². The Labute approximate surface area is 109 Å². The lowest BCUT2D eigenvalue weighted by Crippen LogP contribution is -2.32. The number of nitrogen functional groups attached to an aromatic ring is 1. The van der Waals surface area contributed by atoms with Gasteiger partial charge in [0.05, 0.1) is 0 Å². The number of aromatic nitrogens is 2. The number of hydrogen-bond acceptors (Lipinski definition) is 4. The molecule has 0 aliphatic rings. The van der Waals surface area contributed by atoms with Gasteiger partial charge in [0.15, 0.2) is 5.82 Å². The van der Waals surface area contributed by atoms with Crippen molar-refractivity contribution in [1.29, 1.82) is 0 Å². The average Bonchev–Trinajstić information content (AvgIpc) is 2.71. The molecule has 7 heteroatoms. The van der Waals surface area contributed by atoms with Crippen molar-refractivity contribution in [2.75, 3.05) is 18.8 Å². The fraction of sp³-hybridized carbons (Fsp3) is 0.727. The van der Waals surface area contributed by atoms with Gasteiger partial charge in [-0.3, -0.25) is 4.68 Å². The van der Waals surface area contributed by atoms with Gasteiger partial charge in [0, 0.05) is 25.8 Å². The normalized spacial score (nSPS) is 12.2. The standard InChI is InChI=1S/C11H22N4O2S/c1-4-7-15(8-5-2)18(16,17)10-9-14(6-3)13-11(10)12/h9H,4-8H2,1-3H3,(H2,12,13). The number of rotatable bonds is 7. The van der Waals surface area contributed by atoms with Crippen LogP contribution in [-0.4, -0.2) is 35.6 Å². The third kappa shape index (κ3) is 3.02. The summed E-state index contributed by atoms with van der Waals surface area (Å²) in [5, 5.41) is 3.99. The van der Waals surface area contributed by atoms with Crippen LogP contribution in [0.3, 0.4) is 0 Å². The van der Waals surface area contributed by atoms with E-state index >= 15 is 0 Å². The van der Waals surface area contributed by atoms with Crippen molar-refractivity contribution in [1.82, 2.24) is 14.1 Å². The van der Waals surface area contributed by atoms with E-state index in [0.29, 0.717) is 19.6 Å². The maximum absolute atomic E-state index is 12.5. The lowest BCUT2D eigenvalue weighted by atomic mass is 10.4. The number of anilines is 1. The Kier molecular flexibility index (Phi) is 5.15. The number of hydrogen-bond donors (Lipinski definition) is 1. The molecule has 0 atom stereocenters. The predicted octanol–water partition coefficient (Wildman–Crippen LogP) is 1.30. The van der Waals surface area contributed by atoms with Gasteiger partial charge in [0.25, 0.3) is 0 Å². The van der Waals surface area contributed by atoms with Crippen LogP contribution in [0.5, 0.6) is 0 Å². The maximum atomic E-state index is 12.5. The van der Waals surface area contributed by atoms with Crippen LogP contribution in [0.25, 0.3) is 0 Å². The zero-order chi connectivity index (χ0) is 13.8. The first-order chi connectivity index (χ1) is 8.47. The highest BCUT2D eigenvalue weighted by Gasteiger charge is 2.27. The van der Waals surface area contributed by atoms with Crippen LogP contribution in [0.15, 0.2) is 11.1 Å². The predicted molar refractivity (Wildman–Crippen MR) is 71.7 cm³/mol. The van der Waals surface area contributed by atoms with Crippen LogP contribution in [0.2, 0.25) is 0 Å². The monoisotopic (exact) mass is 274 g/mol. The molecule has 0 saturated carbocycles. The van der Waals surface area contributed by atoms with E-state index in [1.165, 1.54) is 15.2 Å². The second-order valence-electron chi connectivity index (χ2n) is 4.14. The quantitative estimate of drug-likeness (QED) is 0.812. The van der Waals surface area contributed by atoms with E-state index in [-0.39, 0.29) is 10.7 Å². The first kappa shape index (κ1) is 15.0. The highest BCUT2D eigenvalue weighted by atomic mass is 32.2. The van der Waals surface area contributed by atoms with Gasteiger partial charge >= 0.3 is 0 Å². The molecule has 1 rings (SSSR count). The molecule has 0 amide bonds. The average molecular weight is 274 g/mol. The summed E-state index contributed by atoms with van der Waals surface area (Å²) in [6.07, 6.45) is 3.06. The third-order valence-electron chi connectivity index (χ3n) is 2.64. The lowest BCUT2D eigenvalue weighted by Gasteiger charge is -2.20. The second-order valence-corrected chi connectivity index (χ2v) is 6.04. The summed E-state index contributed by atoms with van der Waals surface area (Å²) >= 11 is 0. The minimum Gasteiger partial charge on any atom is -0.381 e.